The van der Waals surface area contributed by atoms with Gasteiger partial charge in [0.25, 0.3) is 0 Å². The number of benzene rings is 1. The van der Waals surface area contributed by atoms with E-state index in [1.807, 2.05) is 12.1 Å². The van der Waals surface area contributed by atoms with Crippen molar-refractivity contribution in [2.45, 2.75) is 19.4 Å². The third kappa shape index (κ3) is 1.81. The lowest BCUT2D eigenvalue weighted by Gasteiger charge is -2.31. The molecule has 0 saturated heterocycles. The van der Waals surface area contributed by atoms with Crippen molar-refractivity contribution in [2.75, 3.05) is 14.1 Å². The maximum atomic E-state index is 12.2. The first-order valence-electron chi connectivity index (χ1n) is 6.63. The van der Waals surface area contributed by atoms with E-state index in [-0.39, 0.29) is 11.9 Å². The Morgan fingerprint density at radius 3 is 2.75 bits per heavy atom. The maximum absolute atomic E-state index is 12.2. The lowest BCUT2D eigenvalue weighted by Crippen LogP contribution is -2.44. The molecule has 1 aliphatic rings. The van der Waals surface area contributed by atoms with Gasteiger partial charge in [-0.25, -0.2) is 4.79 Å². The fourth-order valence-corrected chi connectivity index (χ4v) is 3.10. The number of hydrogen-bond acceptors (Lipinski definition) is 2. The highest BCUT2D eigenvalue weighted by Crippen LogP contribution is 2.33. The number of nitrogens with one attached hydrogen (secondary N) is 1. The monoisotopic (exact) mass is 287 g/mol. The molecule has 0 aliphatic carbocycles. The Kier molecular flexibility index (Phi) is 3.01. The van der Waals surface area contributed by atoms with Gasteiger partial charge in [-0.3, -0.25) is 4.90 Å². The maximum Gasteiger partial charge on any atom is 0.324 e. The van der Waals surface area contributed by atoms with E-state index in [1.54, 1.807) is 23.9 Å². The van der Waals surface area contributed by atoms with Crippen LogP contribution in [0.15, 0.2) is 24.3 Å². The molecule has 2 heterocycles. The largest absolute Gasteiger partial charge is 0.357 e. The summed E-state index contributed by atoms with van der Waals surface area (Å²) < 4.78 is 0. The molecule has 4 nitrogen and oxygen atoms in total. The number of H-pyrrole nitrogens is 1. The molecule has 20 heavy (non-hydrogen) atoms. The predicted molar refractivity (Wildman–Crippen MR) is 83.9 cm³/mol. The van der Waals surface area contributed by atoms with E-state index >= 15 is 0 Å². The van der Waals surface area contributed by atoms with Crippen LogP contribution in [0.5, 0.6) is 0 Å². The molecule has 0 radical (unpaired) electrons. The van der Waals surface area contributed by atoms with Crippen molar-refractivity contribution >= 4 is 34.1 Å². The molecule has 0 fully saturated rings. The number of nitrogens with zero attached hydrogens (tertiary/aromatic N) is 2. The molecule has 2 aromatic rings. The van der Waals surface area contributed by atoms with Gasteiger partial charge in [0.15, 0.2) is 0 Å². The summed E-state index contributed by atoms with van der Waals surface area (Å²) in [4.78, 5) is 19.6. The minimum Gasteiger partial charge on any atom is -0.357 e. The van der Waals surface area contributed by atoms with Gasteiger partial charge in [-0.1, -0.05) is 37.3 Å². The van der Waals surface area contributed by atoms with Crippen LogP contribution in [0, 0.1) is 0 Å². The van der Waals surface area contributed by atoms with Crippen molar-refractivity contribution in [1.82, 2.24) is 14.8 Å². The number of thiocarbonyl (C=S) groups is 1. The van der Waals surface area contributed by atoms with Crippen molar-refractivity contribution < 1.29 is 4.79 Å². The predicted octanol–water partition coefficient (Wildman–Crippen LogP) is 3.10. The Labute approximate surface area is 123 Å². The first-order chi connectivity index (χ1) is 9.50. The molecule has 1 atom stereocenters. The molecule has 0 saturated carbocycles. The van der Waals surface area contributed by atoms with E-state index in [9.17, 15) is 4.79 Å². The Morgan fingerprint density at radius 1 is 1.30 bits per heavy atom. The molecule has 2 amide bonds. The highest BCUT2D eigenvalue weighted by atomic mass is 32.1. The molecule has 5 heteroatoms. The molecule has 3 rings (SSSR count). The number of likely N-dealkylation sites (N-methyl/N-ethyl adjacent to an activating group) is 1. The zero-order valence-electron chi connectivity index (χ0n) is 11.8. The number of fused-ring (bicyclic) bond motifs is 3. The Hall–Kier alpha value is -1.88. The normalized spacial score (nSPS) is 20.1. The van der Waals surface area contributed by atoms with Crippen LogP contribution in [0.25, 0.3) is 10.9 Å². The fourth-order valence-electron chi connectivity index (χ4n) is 2.91. The van der Waals surface area contributed by atoms with Crippen molar-refractivity contribution in [1.29, 1.82) is 0 Å². The molecular weight excluding hydrogens is 270 g/mol. The third-order valence-electron chi connectivity index (χ3n) is 3.97. The number of aromatic nitrogens is 1. The summed E-state index contributed by atoms with van der Waals surface area (Å²) in [5, 5.41) is 1.19. The Morgan fingerprint density at radius 2 is 2.00 bits per heavy atom. The zero-order valence-corrected chi connectivity index (χ0v) is 12.6. The second kappa shape index (κ2) is 4.59. The lowest BCUT2D eigenvalue weighted by molar-refractivity contribution is 0.188. The molecular formula is C15H17N3OS. The van der Waals surface area contributed by atoms with Gasteiger partial charge in [0.05, 0.1) is 11.5 Å². The van der Waals surface area contributed by atoms with Gasteiger partial charge in [0, 0.05) is 36.6 Å². The topological polar surface area (TPSA) is 39.3 Å². The van der Waals surface area contributed by atoms with E-state index in [0.717, 1.165) is 11.2 Å². The van der Waals surface area contributed by atoms with Gasteiger partial charge < -0.3 is 9.88 Å². The zero-order chi connectivity index (χ0) is 14.4. The summed E-state index contributed by atoms with van der Waals surface area (Å²) in [6, 6.07) is 8.14. The number of amides is 2. The first kappa shape index (κ1) is 13.1. The minimum atomic E-state index is -0.0637. The van der Waals surface area contributed by atoms with Gasteiger partial charge in [-0.05, 0) is 11.6 Å². The van der Waals surface area contributed by atoms with E-state index < -0.39 is 0 Å². The summed E-state index contributed by atoms with van der Waals surface area (Å²) >= 11 is 5.50. The number of urea groups is 1. The summed E-state index contributed by atoms with van der Waals surface area (Å²) in [5.41, 5.74) is 3.37. The Balaban J connectivity index is 2.24. The van der Waals surface area contributed by atoms with Gasteiger partial charge in [-0.2, -0.15) is 0 Å². The van der Waals surface area contributed by atoms with E-state index in [4.69, 9.17) is 12.2 Å². The van der Waals surface area contributed by atoms with Crippen LogP contribution >= 0.6 is 12.2 Å². The molecule has 0 bridgehead atoms. The summed E-state index contributed by atoms with van der Waals surface area (Å²) in [7, 11) is 3.55. The van der Waals surface area contributed by atoms with Gasteiger partial charge in [0.2, 0.25) is 0 Å². The van der Waals surface area contributed by atoms with Gasteiger partial charge >= 0.3 is 6.03 Å². The van der Waals surface area contributed by atoms with E-state index in [0.29, 0.717) is 11.5 Å². The van der Waals surface area contributed by atoms with E-state index in [2.05, 4.69) is 24.0 Å². The number of para-hydroxylation sites is 1. The Bertz CT molecular complexity index is 706. The van der Waals surface area contributed by atoms with Crippen LogP contribution in [0.4, 0.5) is 4.79 Å². The lowest BCUT2D eigenvalue weighted by atomic mass is 9.96. The summed E-state index contributed by atoms with van der Waals surface area (Å²) in [6.07, 6.45) is 0. The molecule has 0 spiro atoms. The standard InChI is InChI=1S/C15H17N3OS/c1-9-13-10-6-4-5-7-11(10)16-12(13)8-17(2)15(19)18(3)14(9)20/h4-7,9,16H,8H2,1-3H3. The quantitative estimate of drug-likeness (QED) is 0.756. The first-order valence-corrected chi connectivity index (χ1v) is 7.03. The average Bonchev–Trinajstić information content (AvgIpc) is 2.80. The molecule has 104 valence electrons. The van der Waals surface area contributed by atoms with Crippen LogP contribution in [0.3, 0.4) is 0 Å². The molecule has 1 N–H and O–H groups in total. The summed E-state index contributed by atoms with van der Waals surface area (Å²) in [5.74, 6) is 0.0406. The van der Waals surface area contributed by atoms with Gasteiger partial charge in [0.1, 0.15) is 0 Å². The second-order valence-corrected chi connectivity index (χ2v) is 5.74. The van der Waals surface area contributed by atoms with Crippen molar-refractivity contribution in [3.63, 3.8) is 0 Å². The molecule has 1 aromatic heterocycles. The highest BCUT2D eigenvalue weighted by molar-refractivity contribution is 7.80. The number of hydrogen-bond donors (Lipinski definition) is 1. The number of carbonyl (C=O) groups excluding carboxylic acids is 1. The van der Waals surface area contributed by atoms with Crippen molar-refractivity contribution in [2.24, 2.45) is 0 Å². The van der Waals surface area contributed by atoms with Crippen LogP contribution < -0.4 is 0 Å². The molecule has 1 aliphatic heterocycles. The van der Waals surface area contributed by atoms with Crippen molar-refractivity contribution in [3.05, 3.63) is 35.5 Å². The number of aromatic amines is 1. The van der Waals surface area contributed by atoms with Crippen LogP contribution in [0.1, 0.15) is 24.1 Å². The fraction of sp³-hybridized carbons (Fsp3) is 0.333. The third-order valence-corrected chi connectivity index (χ3v) is 4.60. The minimum absolute atomic E-state index is 0.0406. The molecule has 1 aromatic carbocycles. The highest BCUT2D eigenvalue weighted by Gasteiger charge is 2.30. The van der Waals surface area contributed by atoms with Gasteiger partial charge in [-0.15, -0.1) is 0 Å². The average molecular weight is 287 g/mol. The number of carbonyl (C=O) groups is 1. The van der Waals surface area contributed by atoms with Crippen LogP contribution in [0.2, 0.25) is 0 Å². The second-order valence-electron chi connectivity index (χ2n) is 5.32. The van der Waals surface area contributed by atoms with Crippen LogP contribution in [-0.4, -0.2) is 39.9 Å². The summed E-state index contributed by atoms with van der Waals surface area (Å²) in [6.45, 7) is 2.64. The molecule has 1 unspecified atom stereocenters. The van der Waals surface area contributed by atoms with E-state index in [1.165, 1.54) is 10.9 Å². The number of rotatable bonds is 0. The SMILES string of the molecule is CC1C(=S)N(C)C(=O)N(C)Cc2[nH]c3ccccc3c21. The smallest absolute Gasteiger partial charge is 0.324 e. The van der Waals surface area contributed by atoms with Crippen LogP contribution in [-0.2, 0) is 6.54 Å². The van der Waals surface area contributed by atoms with Crippen molar-refractivity contribution in [3.8, 4) is 0 Å².